The lowest BCUT2D eigenvalue weighted by atomic mass is 10.0. The number of piperidine rings is 1. The van der Waals surface area contributed by atoms with Crippen molar-refractivity contribution in [3.8, 4) is 17.1 Å². The third-order valence-corrected chi connectivity index (χ3v) is 8.04. The zero-order valence-corrected chi connectivity index (χ0v) is 20.8. The molecule has 0 atom stereocenters. The van der Waals surface area contributed by atoms with Crippen LogP contribution in [-0.2, 0) is 21.2 Å². The molecule has 186 valence electrons. The Labute approximate surface area is 205 Å². The van der Waals surface area contributed by atoms with Crippen LogP contribution >= 0.6 is 0 Å². The average Bonchev–Trinajstić information content (AvgIpc) is 3.33. The van der Waals surface area contributed by atoms with Crippen LogP contribution in [0.5, 0.6) is 5.75 Å². The predicted octanol–water partition coefficient (Wildman–Crippen LogP) is 4.13. The van der Waals surface area contributed by atoms with Crippen molar-refractivity contribution in [2.45, 2.75) is 43.9 Å². The fourth-order valence-corrected chi connectivity index (χ4v) is 5.47. The van der Waals surface area contributed by atoms with Crippen LogP contribution in [0.25, 0.3) is 11.4 Å². The normalized spacial score (nSPS) is 15.1. The molecule has 0 saturated carbocycles. The van der Waals surface area contributed by atoms with E-state index in [9.17, 15) is 13.2 Å². The fourth-order valence-electron chi connectivity index (χ4n) is 4.00. The number of anilines is 1. The molecular formula is C25H30N4O5S. The monoisotopic (exact) mass is 498 g/mol. The molecule has 2 aromatic carbocycles. The third kappa shape index (κ3) is 6.07. The number of aromatic nitrogens is 2. The summed E-state index contributed by atoms with van der Waals surface area (Å²) in [5.74, 6) is 1.92. The van der Waals surface area contributed by atoms with Crippen molar-refractivity contribution in [1.82, 2.24) is 14.4 Å². The van der Waals surface area contributed by atoms with Gasteiger partial charge in [0.15, 0.2) is 0 Å². The lowest BCUT2D eigenvalue weighted by Gasteiger charge is -2.29. The van der Waals surface area contributed by atoms with Crippen LogP contribution in [0.4, 0.5) is 5.69 Å². The second kappa shape index (κ2) is 11.0. The molecule has 1 fully saturated rings. The molecule has 2 heterocycles. The molecule has 9 nitrogen and oxygen atoms in total. The number of rotatable bonds is 9. The summed E-state index contributed by atoms with van der Waals surface area (Å²) < 4.78 is 37.9. The number of amides is 1. The number of nitrogens with one attached hydrogen (secondary N) is 1. The van der Waals surface area contributed by atoms with Gasteiger partial charge in [0.2, 0.25) is 27.6 Å². The Morgan fingerprint density at radius 1 is 1.14 bits per heavy atom. The highest BCUT2D eigenvalue weighted by molar-refractivity contribution is 7.89. The zero-order valence-electron chi connectivity index (χ0n) is 19.9. The van der Waals surface area contributed by atoms with Gasteiger partial charge in [0.05, 0.1) is 17.6 Å². The van der Waals surface area contributed by atoms with Gasteiger partial charge in [0.1, 0.15) is 5.75 Å². The highest BCUT2D eigenvalue weighted by Gasteiger charge is 2.27. The minimum Gasteiger partial charge on any atom is -0.496 e. The van der Waals surface area contributed by atoms with Crippen molar-refractivity contribution in [3.05, 3.63) is 54.4 Å². The number of methoxy groups -OCH3 is 1. The van der Waals surface area contributed by atoms with Crippen molar-refractivity contribution in [1.29, 1.82) is 0 Å². The number of sulfonamides is 1. The number of hydrogen-bond donors (Lipinski definition) is 1. The van der Waals surface area contributed by atoms with Crippen molar-refractivity contribution in [2.75, 3.05) is 25.5 Å². The Morgan fingerprint density at radius 3 is 2.57 bits per heavy atom. The van der Waals surface area contributed by atoms with Crippen LogP contribution in [-0.4, -0.2) is 49.0 Å². The van der Waals surface area contributed by atoms with Crippen LogP contribution < -0.4 is 10.1 Å². The smallest absolute Gasteiger partial charge is 0.243 e. The molecule has 4 rings (SSSR count). The van der Waals surface area contributed by atoms with Crippen LogP contribution in [0.1, 0.15) is 38.5 Å². The number of carbonyl (C=O) groups excluding carboxylic acids is 1. The van der Waals surface area contributed by atoms with Gasteiger partial charge >= 0.3 is 0 Å². The molecule has 1 saturated heterocycles. The summed E-state index contributed by atoms with van der Waals surface area (Å²) in [7, 11) is -1.93. The first kappa shape index (κ1) is 24.9. The molecule has 1 aromatic heterocycles. The van der Waals surface area contributed by atoms with E-state index >= 15 is 0 Å². The van der Waals surface area contributed by atoms with E-state index in [0.29, 0.717) is 55.0 Å². The number of ether oxygens (including phenoxy) is 1. The van der Waals surface area contributed by atoms with Gasteiger partial charge in [0.25, 0.3) is 0 Å². The van der Waals surface area contributed by atoms with Gasteiger partial charge in [-0.25, -0.2) is 8.42 Å². The summed E-state index contributed by atoms with van der Waals surface area (Å²) in [6, 6.07) is 13.7. The van der Waals surface area contributed by atoms with Crippen LogP contribution in [0.3, 0.4) is 0 Å². The fraction of sp³-hybridized carbons (Fsp3) is 0.400. The van der Waals surface area contributed by atoms with Crippen molar-refractivity contribution in [3.63, 3.8) is 0 Å². The van der Waals surface area contributed by atoms with Crippen molar-refractivity contribution >= 4 is 21.6 Å². The maximum absolute atomic E-state index is 12.8. The molecule has 0 unspecified atom stereocenters. The molecule has 0 radical (unpaired) electrons. The quantitative estimate of drug-likeness (QED) is 0.472. The predicted molar refractivity (Wildman–Crippen MR) is 131 cm³/mol. The lowest BCUT2D eigenvalue weighted by Crippen LogP contribution is -2.37. The van der Waals surface area contributed by atoms with Crippen molar-refractivity contribution < 1.29 is 22.5 Å². The Morgan fingerprint density at radius 2 is 1.86 bits per heavy atom. The van der Waals surface area contributed by atoms with Gasteiger partial charge in [0, 0.05) is 31.6 Å². The number of para-hydroxylation sites is 1. The topological polar surface area (TPSA) is 115 Å². The van der Waals surface area contributed by atoms with Crippen LogP contribution in [0.2, 0.25) is 0 Å². The number of carbonyl (C=O) groups is 1. The first-order valence-corrected chi connectivity index (χ1v) is 13.2. The maximum Gasteiger partial charge on any atom is 0.243 e. The second-order valence-corrected chi connectivity index (χ2v) is 10.7. The van der Waals surface area contributed by atoms with Gasteiger partial charge in [-0.2, -0.15) is 9.29 Å². The summed E-state index contributed by atoms with van der Waals surface area (Å²) in [5.41, 5.74) is 1.29. The molecule has 35 heavy (non-hydrogen) atoms. The summed E-state index contributed by atoms with van der Waals surface area (Å²) in [6.45, 7) is 3.23. The Kier molecular flexibility index (Phi) is 7.82. The van der Waals surface area contributed by atoms with E-state index in [2.05, 4.69) is 22.4 Å². The van der Waals surface area contributed by atoms with Crippen molar-refractivity contribution in [2.24, 2.45) is 5.92 Å². The molecule has 1 amide bonds. The van der Waals surface area contributed by atoms with Gasteiger partial charge in [-0.1, -0.05) is 24.2 Å². The average molecular weight is 499 g/mol. The first-order chi connectivity index (χ1) is 16.9. The van der Waals surface area contributed by atoms with E-state index in [1.54, 1.807) is 31.4 Å². The largest absolute Gasteiger partial charge is 0.496 e. The summed E-state index contributed by atoms with van der Waals surface area (Å²) in [6.07, 6.45) is 3.00. The standard InChI is InChI=1S/C25H30N4O5S/c1-18-14-16-29(17-15-18)35(31,32)20-12-10-19(11-13-20)26-23(30)8-5-9-24-27-25(28-34-24)21-6-3-4-7-22(21)33-2/h3-4,6-7,10-13,18H,5,8-9,14-17H2,1-2H3,(H,26,30). The maximum atomic E-state index is 12.8. The zero-order chi connectivity index (χ0) is 24.8. The molecule has 0 aliphatic carbocycles. The SMILES string of the molecule is COc1ccccc1-c1noc(CCCC(=O)Nc2ccc(S(=O)(=O)N3CCC(C)CC3)cc2)n1. The number of hydrogen-bond acceptors (Lipinski definition) is 7. The highest BCUT2D eigenvalue weighted by Crippen LogP contribution is 2.27. The van der Waals surface area contributed by atoms with Gasteiger partial charge in [-0.05, 0) is 61.6 Å². The minimum absolute atomic E-state index is 0.171. The molecule has 0 spiro atoms. The molecule has 3 aromatic rings. The second-order valence-electron chi connectivity index (χ2n) is 8.72. The molecule has 1 aliphatic heterocycles. The molecular weight excluding hydrogens is 468 g/mol. The van der Waals surface area contributed by atoms with E-state index in [1.165, 1.54) is 4.31 Å². The number of nitrogens with zero attached hydrogens (tertiary/aromatic N) is 3. The van der Waals surface area contributed by atoms with E-state index in [-0.39, 0.29) is 17.2 Å². The molecule has 1 N–H and O–H groups in total. The van der Waals surface area contributed by atoms with E-state index in [4.69, 9.17) is 9.26 Å². The Bertz CT molecular complexity index is 1250. The third-order valence-electron chi connectivity index (χ3n) is 6.13. The number of benzene rings is 2. The van der Waals surface area contributed by atoms with Gasteiger partial charge in [-0.15, -0.1) is 0 Å². The lowest BCUT2D eigenvalue weighted by molar-refractivity contribution is -0.116. The highest BCUT2D eigenvalue weighted by atomic mass is 32.2. The van der Waals surface area contributed by atoms with Crippen LogP contribution in [0, 0.1) is 5.92 Å². The van der Waals surface area contributed by atoms with E-state index in [0.717, 1.165) is 18.4 Å². The van der Waals surface area contributed by atoms with Gasteiger partial charge in [-0.3, -0.25) is 4.79 Å². The van der Waals surface area contributed by atoms with Gasteiger partial charge < -0.3 is 14.6 Å². The Hall–Kier alpha value is -3.24. The van der Waals surface area contributed by atoms with Crippen LogP contribution in [0.15, 0.2) is 57.9 Å². The van der Waals surface area contributed by atoms with E-state index < -0.39 is 10.0 Å². The summed E-state index contributed by atoms with van der Waals surface area (Å²) in [4.78, 5) is 17.0. The minimum atomic E-state index is -3.51. The molecule has 1 aliphatic rings. The summed E-state index contributed by atoms with van der Waals surface area (Å²) in [5, 5.41) is 6.81. The first-order valence-electron chi connectivity index (χ1n) is 11.7. The number of aryl methyl sites for hydroxylation is 1. The van der Waals surface area contributed by atoms with E-state index in [1.807, 2.05) is 24.3 Å². The Balaban J connectivity index is 1.27. The summed E-state index contributed by atoms with van der Waals surface area (Å²) >= 11 is 0. The molecule has 0 bridgehead atoms. The molecule has 10 heteroatoms.